The lowest BCUT2D eigenvalue weighted by Crippen LogP contribution is -2.45. The molecule has 0 saturated heterocycles. The Labute approximate surface area is 95.8 Å². The Morgan fingerprint density at radius 3 is 2.38 bits per heavy atom. The number of carboxylic acid groups (broad SMARTS) is 1. The Hall–Kier alpha value is -1.30. The van der Waals surface area contributed by atoms with Crippen molar-refractivity contribution < 1.29 is 19.4 Å². The van der Waals surface area contributed by atoms with E-state index in [1.54, 1.807) is 21.2 Å². The predicted molar refractivity (Wildman–Crippen MR) is 59.4 cm³/mol. The number of carbonyl (C=O) groups is 2. The second-order valence-electron chi connectivity index (χ2n) is 3.76. The van der Waals surface area contributed by atoms with Gasteiger partial charge >= 0.3 is 12.0 Å². The maximum Gasteiger partial charge on any atom is 0.319 e. The number of likely N-dealkylation sites (N-methyl/N-ethyl adjacent to an activating group) is 1. The van der Waals surface area contributed by atoms with Crippen LogP contribution >= 0.6 is 0 Å². The first-order valence-electron chi connectivity index (χ1n) is 5.08. The summed E-state index contributed by atoms with van der Waals surface area (Å²) in [6.45, 7) is 2.53. The molecule has 0 saturated carbocycles. The first-order chi connectivity index (χ1) is 7.40. The largest absolute Gasteiger partial charge is 0.481 e. The molecule has 0 aromatic carbocycles. The summed E-state index contributed by atoms with van der Waals surface area (Å²) in [5.74, 6) is -0.910. The number of urea groups is 1. The van der Waals surface area contributed by atoms with Gasteiger partial charge in [-0.25, -0.2) is 4.79 Å². The van der Waals surface area contributed by atoms with Crippen LogP contribution in [0.15, 0.2) is 0 Å². The maximum absolute atomic E-state index is 11.8. The zero-order chi connectivity index (χ0) is 12.7. The molecule has 0 aliphatic heterocycles. The van der Waals surface area contributed by atoms with Gasteiger partial charge in [-0.05, 0) is 6.92 Å². The van der Waals surface area contributed by atoms with E-state index in [0.29, 0.717) is 6.61 Å². The minimum atomic E-state index is -0.910. The van der Waals surface area contributed by atoms with Gasteiger partial charge in [-0.15, -0.1) is 0 Å². The molecule has 6 nitrogen and oxygen atoms in total. The molecule has 0 aliphatic carbocycles. The summed E-state index contributed by atoms with van der Waals surface area (Å²) in [5.41, 5.74) is 0. The summed E-state index contributed by atoms with van der Waals surface area (Å²) >= 11 is 0. The topological polar surface area (TPSA) is 70.1 Å². The normalized spacial score (nSPS) is 12.0. The van der Waals surface area contributed by atoms with Gasteiger partial charge in [0.05, 0.1) is 19.1 Å². The van der Waals surface area contributed by atoms with Gasteiger partial charge in [0.2, 0.25) is 0 Å². The SMILES string of the molecule is COCC(C)N(C)C(=O)N(C)CCC(=O)O. The first kappa shape index (κ1) is 14.7. The zero-order valence-corrected chi connectivity index (χ0v) is 10.3. The van der Waals surface area contributed by atoms with E-state index in [2.05, 4.69) is 0 Å². The number of ether oxygens (including phenoxy) is 1. The number of carboxylic acids is 1. The Balaban J connectivity index is 4.15. The average Bonchev–Trinajstić information content (AvgIpc) is 2.23. The Bertz CT molecular complexity index is 245. The standard InChI is InChI=1S/C10H20N2O4/c1-8(7-16-4)12(3)10(15)11(2)6-5-9(13)14/h8H,5-7H2,1-4H3,(H,13,14). The maximum atomic E-state index is 11.8. The molecular formula is C10H20N2O4. The van der Waals surface area contributed by atoms with E-state index in [4.69, 9.17) is 9.84 Å². The summed E-state index contributed by atoms with van der Waals surface area (Å²) < 4.78 is 4.95. The number of rotatable bonds is 6. The number of aliphatic carboxylic acids is 1. The molecule has 0 bridgehead atoms. The van der Waals surface area contributed by atoms with E-state index in [1.165, 1.54) is 9.80 Å². The Kier molecular flexibility index (Phi) is 6.48. The van der Waals surface area contributed by atoms with Crippen molar-refractivity contribution in [3.05, 3.63) is 0 Å². The third kappa shape index (κ3) is 4.97. The lowest BCUT2D eigenvalue weighted by molar-refractivity contribution is -0.137. The highest BCUT2D eigenvalue weighted by atomic mass is 16.5. The third-order valence-electron chi connectivity index (χ3n) is 2.36. The highest BCUT2D eigenvalue weighted by Crippen LogP contribution is 2.01. The van der Waals surface area contributed by atoms with Crippen LogP contribution in [0.4, 0.5) is 4.79 Å². The van der Waals surface area contributed by atoms with Crippen LogP contribution in [-0.4, -0.2) is 67.3 Å². The molecule has 2 amide bonds. The molecule has 1 N–H and O–H groups in total. The number of amides is 2. The van der Waals surface area contributed by atoms with E-state index in [-0.39, 0.29) is 25.0 Å². The molecule has 0 fully saturated rings. The van der Waals surface area contributed by atoms with E-state index < -0.39 is 5.97 Å². The summed E-state index contributed by atoms with van der Waals surface area (Å²) in [4.78, 5) is 25.1. The number of hydrogen-bond donors (Lipinski definition) is 1. The molecule has 1 unspecified atom stereocenters. The number of carbonyl (C=O) groups excluding carboxylic acids is 1. The van der Waals surface area contributed by atoms with Crippen LogP contribution in [0, 0.1) is 0 Å². The minimum absolute atomic E-state index is 0.0372. The van der Waals surface area contributed by atoms with E-state index in [1.807, 2.05) is 6.92 Å². The van der Waals surface area contributed by atoms with Crippen LogP contribution in [0.2, 0.25) is 0 Å². The molecule has 0 radical (unpaired) electrons. The van der Waals surface area contributed by atoms with E-state index >= 15 is 0 Å². The summed E-state index contributed by atoms with van der Waals surface area (Å²) in [6, 6.07) is -0.240. The van der Waals surface area contributed by atoms with Crippen molar-refractivity contribution in [1.82, 2.24) is 9.80 Å². The fraction of sp³-hybridized carbons (Fsp3) is 0.800. The highest BCUT2D eigenvalue weighted by Gasteiger charge is 2.19. The van der Waals surface area contributed by atoms with Crippen molar-refractivity contribution >= 4 is 12.0 Å². The van der Waals surface area contributed by atoms with Crippen LogP contribution in [0.3, 0.4) is 0 Å². The number of nitrogens with zero attached hydrogens (tertiary/aromatic N) is 2. The van der Waals surface area contributed by atoms with Gasteiger partial charge in [-0.1, -0.05) is 0 Å². The summed E-state index contributed by atoms with van der Waals surface area (Å²) in [7, 11) is 4.83. The number of methoxy groups -OCH3 is 1. The molecule has 6 heteroatoms. The van der Waals surface area contributed by atoms with Gasteiger partial charge in [0.25, 0.3) is 0 Å². The van der Waals surface area contributed by atoms with Crippen LogP contribution in [-0.2, 0) is 9.53 Å². The van der Waals surface area contributed by atoms with Crippen LogP contribution in [0.1, 0.15) is 13.3 Å². The van der Waals surface area contributed by atoms with Crippen molar-refractivity contribution in [1.29, 1.82) is 0 Å². The van der Waals surface area contributed by atoms with Crippen LogP contribution in [0.25, 0.3) is 0 Å². The first-order valence-corrected chi connectivity index (χ1v) is 5.08. The lowest BCUT2D eigenvalue weighted by atomic mass is 10.3. The molecule has 0 aromatic rings. The average molecular weight is 232 g/mol. The molecule has 0 heterocycles. The van der Waals surface area contributed by atoms with Crippen molar-refractivity contribution in [2.75, 3.05) is 34.4 Å². The van der Waals surface area contributed by atoms with Crippen LogP contribution < -0.4 is 0 Å². The van der Waals surface area contributed by atoms with Crippen molar-refractivity contribution in [3.63, 3.8) is 0 Å². The fourth-order valence-corrected chi connectivity index (χ4v) is 1.17. The van der Waals surface area contributed by atoms with E-state index in [0.717, 1.165) is 0 Å². The Morgan fingerprint density at radius 1 is 1.38 bits per heavy atom. The van der Waals surface area contributed by atoms with Gasteiger partial charge in [0.15, 0.2) is 0 Å². The molecule has 0 aliphatic rings. The number of hydrogen-bond acceptors (Lipinski definition) is 3. The quantitative estimate of drug-likeness (QED) is 0.723. The predicted octanol–water partition coefficient (Wildman–Crippen LogP) is 0.480. The Morgan fingerprint density at radius 2 is 1.94 bits per heavy atom. The lowest BCUT2D eigenvalue weighted by Gasteiger charge is -2.29. The molecule has 16 heavy (non-hydrogen) atoms. The van der Waals surface area contributed by atoms with Gasteiger partial charge < -0.3 is 19.6 Å². The van der Waals surface area contributed by atoms with Gasteiger partial charge in [-0.3, -0.25) is 4.79 Å². The molecule has 94 valence electrons. The second kappa shape index (κ2) is 7.05. The molecule has 0 rings (SSSR count). The molecule has 0 aromatic heterocycles. The summed E-state index contributed by atoms with van der Waals surface area (Å²) in [6.07, 6.45) is -0.0469. The molecular weight excluding hydrogens is 212 g/mol. The van der Waals surface area contributed by atoms with Crippen LogP contribution in [0.5, 0.6) is 0 Å². The highest BCUT2D eigenvalue weighted by molar-refractivity contribution is 5.75. The van der Waals surface area contributed by atoms with E-state index in [9.17, 15) is 9.59 Å². The molecule has 0 spiro atoms. The fourth-order valence-electron chi connectivity index (χ4n) is 1.17. The van der Waals surface area contributed by atoms with Gasteiger partial charge in [0.1, 0.15) is 0 Å². The molecule has 1 atom stereocenters. The third-order valence-corrected chi connectivity index (χ3v) is 2.36. The summed E-state index contributed by atoms with van der Waals surface area (Å²) in [5, 5.41) is 8.50. The van der Waals surface area contributed by atoms with Crippen molar-refractivity contribution in [2.45, 2.75) is 19.4 Å². The second-order valence-corrected chi connectivity index (χ2v) is 3.76. The monoisotopic (exact) mass is 232 g/mol. The van der Waals surface area contributed by atoms with Gasteiger partial charge in [-0.2, -0.15) is 0 Å². The smallest absolute Gasteiger partial charge is 0.319 e. The van der Waals surface area contributed by atoms with Crippen molar-refractivity contribution in [2.24, 2.45) is 0 Å². The van der Waals surface area contributed by atoms with Gasteiger partial charge in [0, 0.05) is 27.7 Å². The van der Waals surface area contributed by atoms with Crippen molar-refractivity contribution in [3.8, 4) is 0 Å². The zero-order valence-electron chi connectivity index (χ0n) is 10.3. The minimum Gasteiger partial charge on any atom is -0.481 e.